The van der Waals surface area contributed by atoms with E-state index in [1.54, 1.807) is 31.2 Å². The smallest absolute Gasteiger partial charge is 0.262 e. The van der Waals surface area contributed by atoms with Gasteiger partial charge in [-0.25, -0.2) is 8.42 Å². The molecule has 1 aliphatic rings. The van der Waals surface area contributed by atoms with Gasteiger partial charge >= 0.3 is 0 Å². The molecule has 8 nitrogen and oxygen atoms in total. The minimum Gasteiger partial charge on any atom is -0.482 e. The lowest BCUT2D eigenvalue weighted by atomic mass is 10.2. The van der Waals surface area contributed by atoms with Crippen LogP contribution in [-0.4, -0.2) is 44.7 Å². The lowest BCUT2D eigenvalue weighted by Crippen LogP contribution is -2.35. The van der Waals surface area contributed by atoms with Crippen molar-refractivity contribution in [3.8, 4) is 5.75 Å². The van der Waals surface area contributed by atoms with E-state index in [0.717, 1.165) is 4.31 Å². The lowest BCUT2D eigenvalue weighted by molar-refractivity contribution is -0.118. The number of nitrogens with zero attached hydrogens (tertiary/aromatic N) is 1. The van der Waals surface area contributed by atoms with Crippen LogP contribution in [-0.2, 0) is 19.6 Å². The molecule has 148 valence electrons. The molecule has 0 saturated carbocycles. The van der Waals surface area contributed by atoms with Crippen LogP contribution in [0.1, 0.15) is 5.56 Å². The van der Waals surface area contributed by atoms with Gasteiger partial charge in [-0.15, -0.1) is 0 Å². The first kappa shape index (κ1) is 20.1. The van der Waals surface area contributed by atoms with Gasteiger partial charge in [0.15, 0.2) is 6.61 Å². The molecule has 3 rings (SSSR count). The predicted molar refractivity (Wildman–Crippen MR) is 105 cm³/mol. The highest BCUT2D eigenvalue weighted by molar-refractivity contribution is 7.89. The molecule has 1 aliphatic heterocycles. The number of carbonyl (C=O) groups excluding carboxylic acids is 2. The second-order valence-electron chi connectivity index (χ2n) is 6.27. The summed E-state index contributed by atoms with van der Waals surface area (Å²) in [6, 6.07) is 9.36. The van der Waals surface area contributed by atoms with Crippen molar-refractivity contribution in [2.24, 2.45) is 0 Å². The molecule has 0 saturated heterocycles. The van der Waals surface area contributed by atoms with Gasteiger partial charge in [-0.05, 0) is 42.8 Å². The largest absolute Gasteiger partial charge is 0.482 e. The van der Waals surface area contributed by atoms with Crippen molar-refractivity contribution < 1.29 is 22.7 Å². The zero-order valence-electron chi connectivity index (χ0n) is 15.2. The molecule has 1 heterocycles. The Morgan fingerprint density at radius 3 is 2.64 bits per heavy atom. The molecular weight excluding hydrogens is 406 g/mol. The number of nitrogens with one attached hydrogen (secondary N) is 2. The third-order valence-corrected chi connectivity index (χ3v) is 6.29. The summed E-state index contributed by atoms with van der Waals surface area (Å²) in [5.41, 5.74) is 1.35. The van der Waals surface area contributed by atoms with Gasteiger partial charge in [0.25, 0.3) is 5.91 Å². The number of carbonyl (C=O) groups is 2. The van der Waals surface area contributed by atoms with Crippen LogP contribution in [0.25, 0.3) is 0 Å². The number of anilines is 2. The molecule has 2 N–H and O–H groups in total. The van der Waals surface area contributed by atoms with Crippen LogP contribution >= 0.6 is 11.6 Å². The number of halogens is 1. The molecule has 0 radical (unpaired) electrons. The monoisotopic (exact) mass is 423 g/mol. The van der Waals surface area contributed by atoms with Gasteiger partial charge in [-0.1, -0.05) is 11.6 Å². The molecule has 2 aromatic rings. The van der Waals surface area contributed by atoms with Crippen molar-refractivity contribution in [1.82, 2.24) is 4.31 Å². The second kappa shape index (κ2) is 7.78. The number of hydrogen-bond donors (Lipinski definition) is 2. The minimum absolute atomic E-state index is 0.00388. The average Bonchev–Trinajstić information content (AvgIpc) is 2.62. The fraction of sp³-hybridized carbons (Fsp3) is 0.222. The average molecular weight is 424 g/mol. The van der Waals surface area contributed by atoms with E-state index in [1.165, 1.54) is 19.2 Å². The number of aryl methyl sites for hydroxylation is 1. The van der Waals surface area contributed by atoms with E-state index >= 15 is 0 Å². The van der Waals surface area contributed by atoms with Crippen LogP contribution in [0.15, 0.2) is 41.3 Å². The molecule has 0 spiro atoms. The number of likely N-dealkylation sites (N-methyl/N-ethyl adjacent to an activating group) is 1. The normalized spacial score (nSPS) is 13.5. The third kappa shape index (κ3) is 4.27. The molecule has 0 bridgehead atoms. The highest BCUT2D eigenvalue weighted by Gasteiger charge is 2.28. The minimum atomic E-state index is -3.95. The maximum atomic E-state index is 12.9. The Balaban J connectivity index is 1.77. The summed E-state index contributed by atoms with van der Waals surface area (Å²) < 4.78 is 32.1. The Bertz CT molecular complexity index is 1040. The molecule has 0 aliphatic carbocycles. The van der Waals surface area contributed by atoms with Gasteiger partial charge in [-0.2, -0.15) is 4.31 Å². The van der Waals surface area contributed by atoms with E-state index in [-0.39, 0.29) is 29.7 Å². The topological polar surface area (TPSA) is 105 Å². The summed E-state index contributed by atoms with van der Waals surface area (Å²) in [4.78, 5) is 23.6. The van der Waals surface area contributed by atoms with Crippen LogP contribution in [0.5, 0.6) is 5.75 Å². The summed E-state index contributed by atoms with van der Waals surface area (Å²) in [7, 11) is -2.63. The standard InChI is InChI=1S/C18H18ClN3O5S/c1-11-7-14-15(27-10-18(24)21-14)8-16(11)28(25,26)22(2)9-17(23)20-13-5-3-12(19)4-6-13/h3-8H,9-10H2,1-2H3,(H,20,23)(H,21,24). The summed E-state index contributed by atoms with van der Waals surface area (Å²) in [5.74, 6) is -0.534. The van der Waals surface area contributed by atoms with Crippen molar-refractivity contribution in [3.63, 3.8) is 0 Å². The number of hydrogen-bond acceptors (Lipinski definition) is 5. The first-order chi connectivity index (χ1) is 13.2. The second-order valence-corrected chi connectivity index (χ2v) is 8.72. The molecule has 0 aromatic heterocycles. The van der Waals surface area contributed by atoms with Crippen molar-refractivity contribution in [2.75, 3.05) is 30.8 Å². The van der Waals surface area contributed by atoms with E-state index in [1.807, 2.05) is 0 Å². The molecule has 28 heavy (non-hydrogen) atoms. The van der Waals surface area contributed by atoms with E-state index in [0.29, 0.717) is 22.0 Å². The maximum Gasteiger partial charge on any atom is 0.262 e. The maximum absolute atomic E-state index is 12.9. The summed E-state index contributed by atoms with van der Waals surface area (Å²) in [5, 5.41) is 5.77. The summed E-state index contributed by atoms with van der Waals surface area (Å²) in [6.45, 7) is 1.05. The molecule has 2 aromatic carbocycles. The van der Waals surface area contributed by atoms with Gasteiger partial charge in [0, 0.05) is 23.8 Å². The third-order valence-electron chi connectivity index (χ3n) is 4.09. The Hall–Kier alpha value is -2.62. The number of amides is 2. The number of rotatable bonds is 5. The van der Waals surface area contributed by atoms with Crippen LogP contribution in [0.2, 0.25) is 5.02 Å². The first-order valence-electron chi connectivity index (χ1n) is 8.26. The quantitative estimate of drug-likeness (QED) is 0.767. The van der Waals surface area contributed by atoms with E-state index in [4.69, 9.17) is 16.3 Å². The van der Waals surface area contributed by atoms with E-state index in [9.17, 15) is 18.0 Å². The van der Waals surface area contributed by atoms with Crippen molar-refractivity contribution in [1.29, 1.82) is 0 Å². The van der Waals surface area contributed by atoms with Gasteiger partial charge in [-0.3, -0.25) is 9.59 Å². The number of benzene rings is 2. The summed E-state index contributed by atoms with van der Waals surface area (Å²) in [6.07, 6.45) is 0. The van der Waals surface area contributed by atoms with Crippen LogP contribution < -0.4 is 15.4 Å². The molecule has 0 unspecified atom stereocenters. The molecule has 0 fully saturated rings. The Morgan fingerprint density at radius 2 is 1.96 bits per heavy atom. The predicted octanol–water partition coefficient (Wildman–Crippen LogP) is 2.24. The zero-order chi connectivity index (χ0) is 20.5. The number of ether oxygens (including phenoxy) is 1. The van der Waals surface area contributed by atoms with Crippen molar-refractivity contribution in [3.05, 3.63) is 47.0 Å². The zero-order valence-corrected chi connectivity index (χ0v) is 16.7. The van der Waals surface area contributed by atoms with E-state index < -0.39 is 15.9 Å². The van der Waals surface area contributed by atoms with Gasteiger partial charge in [0.1, 0.15) is 5.75 Å². The van der Waals surface area contributed by atoms with Gasteiger partial charge in [0.05, 0.1) is 17.1 Å². The Labute approximate surface area is 167 Å². The van der Waals surface area contributed by atoms with Gasteiger partial charge in [0.2, 0.25) is 15.9 Å². The van der Waals surface area contributed by atoms with Gasteiger partial charge < -0.3 is 15.4 Å². The number of fused-ring (bicyclic) bond motifs is 1. The molecule has 2 amide bonds. The van der Waals surface area contributed by atoms with Crippen LogP contribution in [0.4, 0.5) is 11.4 Å². The SMILES string of the molecule is Cc1cc2c(cc1S(=O)(=O)N(C)CC(=O)Nc1ccc(Cl)cc1)OCC(=O)N2. The van der Waals surface area contributed by atoms with Crippen LogP contribution in [0.3, 0.4) is 0 Å². The highest BCUT2D eigenvalue weighted by atomic mass is 35.5. The fourth-order valence-corrected chi connectivity index (χ4v) is 4.15. The highest BCUT2D eigenvalue weighted by Crippen LogP contribution is 2.33. The summed E-state index contributed by atoms with van der Waals surface area (Å²) >= 11 is 5.80. The molecular formula is C18H18ClN3O5S. The Kier molecular flexibility index (Phi) is 5.59. The molecule has 10 heteroatoms. The van der Waals surface area contributed by atoms with E-state index in [2.05, 4.69) is 10.6 Å². The fourth-order valence-electron chi connectivity index (χ4n) is 2.68. The molecule has 0 atom stereocenters. The lowest BCUT2D eigenvalue weighted by Gasteiger charge is -2.22. The first-order valence-corrected chi connectivity index (χ1v) is 10.1. The van der Waals surface area contributed by atoms with Crippen molar-refractivity contribution >= 4 is 44.8 Å². The van der Waals surface area contributed by atoms with Crippen molar-refractivity contribution in [2.45, 2.75) is 11.8 Å². The van der Waals surface area contributed by atoms with Crippen LogP contribution in [0, 0.1) is 6.92 Å². The Morgan fingerprint density at radius 1 is 1.29 bits per heavy atom. The number of sulfonamides is 1.